The molecule has 2 nitrogen and oxygen atoms in total. The van der Waals surface area contributed by atoms with Gasteiger partial charge in [0, 0.05) is 5.56 Å². The Morgan fingerprint density at radius 2 is 1.79 bits per heavy atom. The van der Waals surface area contributed by atoms with Gasteiger partial charge in [-0.15, -0.1) is 0 Å². The van der Waals surface area contributed by atoms with E-state index in [0.29, 0.717) is 11.1 Å². The summed E-state index contributed by atoms with van der Waals surface area (Å²) in [6.07, 6.45) is -4.50. The molecule has 0 amide bonds. The number of hydrogen-bond acceptors (Lipinski definition) is 2. The normalized spacial score (nSPS) is 11.6. The van der Waals surface area contributed by atoms with E-state index < -0.39 is 17.6 Å². The molecule has 0 saturated carbocycles. The first-order valence-corrected chi connectivity index (χ1v) is 5.38. The lowest BCUT2D eigenvalue weighted by atomic mass is 10.0. The number of hydrogen-bond donors (Lipinski definition) is 1. The predicted octanol–water partition coefficient (Wildman–Crippen LogP) is 3.80. The lowest BCUT2D eigenvalue weighted by Crippen LogP contribution is -2.07. The number of alkyl halides is 3. The molecule has 6 heteroatoms. The highest BCUT2D eigenvalue weighted by Crippen LogP contribution is 2.33. The molecule has 1 aromatic heterocycles. The van der Waals surface area contributed by atoms with Crippen LogP contribution >= 0.6 is 0 Å². The predicted molar refractivity (Wildman–Crippen MR) is 63.8 cm³/mol. The Hall–Kier alpha value is -2.11. The van der Waals surface area contributed by atoms with E-state index in [1.54, 1.807) is 6.92 Å². The third kappa shape index (κ3) is 2.83. The molecule has 0 unspecified atom stereocenters. The number of nitrogen functional groups attached to an aromatic ring is 1. The number of anilines is 1. The van der Waals surface area contributed by atoms with Crippen LogP contribution in [0.4, 0.5) is 23.4 Å². The second-order valence-electron chi connectivity index (χ2n) is 4.12. The summed E-state index contributed by atoms with van der Waals surface area (Å²) in [5.41, 5.74) is 5.49. The van der Waals surface area contributed by atoms with Gasteiger partial charge >= 0.3 is 6.18 Å². The molecule has 1 aromatic carbocycles. The van der Waals surface area contributed by atoms with E-state index in [-0.39, 0.29) is 11.5 Å². The number of pyridine rings is 1. The van der Waals surface area contributed by atoms with Crippen LogP contribution in [0, 0.1) is 12.7 Å². The molecule has 2 rings (SSSR count). The number of aromatic nitrogens is 1. The van der Waals surface area contributed by atoms with E-state index in [2.05, 4.69) is 4.98 Å². The van der Waals surface area contributed by atoms with Crippen molar-refractivity contribution in [2.45, 2.75) is 13.1 Å². The Morgan fingerprint density at radius 1 is 1.11 bits per heavy atom. The first-order valence-electron chi connectivity index (χ1n) is 5.38. The second kappa shape index (κ2) is 4.53. The summed E-state index contributed by atoms with van der Waals surface area (Å²) in [7, 11) is 0. The summed E-state index contributed by atoms with van der Waals surface area (Å²) in [5, 5.41) is 0. The lowest BCUT2D eigenvalue weighted by molar-refractivity contribution is -0.137. The topological polar surface area (TPSA) is 38.9 Å². The molecule has 0 aliphatic rings. The van der Waals surface area contributed by atoms with Crippen LogP contribution in [-0.2, 0) is 6.18 Å². The van der Waals surface area contributed by atoms with Crippen molar-refractivity contribution in [1.82, 2.24) is 4.98 Å². The van der Waals surface area contributed by atoms with Crippen LogP contribution in [-0.4, -0.2) is 4.98 Å². The highest BCUT2D eigenvalue weighted by molar-refractivity contribution is 5.65. The molecule has 0 fully saturated rings. The molecule has 0 saturated heterocycles. The minimum atomic E-state index is -4.50. The van der Waals surface area contributed by atoms with Gasteiger partial charge < -0.3 is 5.73 Å². The molecule has 0 aliphatic carbocycles. The fourth-order valence-corrected chi connectivity index (χ4v) is 1.77. The van der Waals surface area contributed by atoms with E-state index in [9.17, 15) is 17.6 Å². The Balaban J connectivity index is 2.59. The third-order valence-corrected chi connectivity index (χ3v) is 2.64. The molecule has 0 radical (unpaired) electrons. The van der Waals surface area contributed by atoms with Gasteiger partial charge in [-0.1, -0.05) is 0 Å². The average Bonchev–Trinajstić information content (AvgIpc) is 2.26. The minimum absolute atomic E-state index is 0.0739. The molecule has 2 aromatic rings. The number of nitrogens with two attached hydrogens (primary N) is 1. The molecule has 1 heterocycles. The van der Waals surface area contributed by atoms with Crippen LogP contribution in [0.5, 0.6) is 0 Å². The Bertz CT molecular complexity index is 621. The highest BCUT2D eigenvalue weighted by atomic mass is 19.4. The van der Waals surface area contributed by atoms with E-state index in [4.69, 9.17) is 5.73 Å². The zero-order valence-corrected chi connectivity index (χ0v) is 9.92. The zero-order chi connectivity index (χ0) is 14.2. The van der Waals surface area contributed by atoms with Crippen LogP contribution in [0.15, 0.2) is 30.3 Å². The van der Waals surface area contributed by atoms with Crippen molar-refractivity contribution in [2.24, 2.45) is 0 Å². The quantitative estimate of drug-likeness (QED) is 0.800. The summed E-state index contributed by atoms with van der Waals surface area (Å²) in [5.74, 6) is -0.685. The summed E-state index contributed by atoms with van der Waals surface area (Å²) >= 11 is 0. The van der Waals surface area contributed by atoms with Crippen LogP contribution in [0.3, 0.4) is 0 Å². The van der Waals surface area contributed by atoms with Crippen molar-refractivity contribution in [2.75, 3.05) is 5.73 Å². The number of nitrogens with zero attached hydrogens (tertiary/aromatic N) is 1. The largest absolute Gasteiger partial charge is 0.416 e. The van der Waals surface area contributed by atoms with Gasteiger partial charge in [0.05, 0.1) is 11.3 Å². The van der Waals surface area contributed by atoms with E-state index >= 15 is 0 Å². The molecular formula is C13H10F4N2. The number of benzene rings is 1. The molecule has 0 spiro atoms. The monoisotopic (exact) mass is 270 g/mol. The van der Waals surface area contributed by atoms with Gasteiger partial charge in [0.25, 0.3) is 0 Å². The van der Waals surface area contributed by atoms with Crippen molar-refractivity contribution in [3.63, 3.8) is 0 Å². The van der Waals surface area contributed by atoms with Crippen molar-refractivity contribution in [3.05, 3.63) is 47.3 Å². The zero-order valence-electron chi connectivity index (χ0n) is 9.92. The van der Waals surface area contributed by atoms with Crippen molar-refractivity contribution < 1.29 is 17.6 Å². The van der Waals surface area contributed by atoms with Gasteiger partial charge in [0.15, 0.2) is 0 Å². The highest BCUT2D eigenvalue weighted by Gasteiger charge is 2.31. The number of halogens is 4. The maximum absolute atomic E-state index is 13.0. The van der Waals surface area contributed by atoms with Gasteiger partial charge in [-0.25, -0.2) is 9.37 Å². The molecule has 0 atom stereocenters. The first kappa shape index (κ1) is 13.3. The summed E-state index contributed by atoms with van der Waals surface area (Å²) < 4.78 is 51.0. The molecular weight excluding hydrogens is 260 g/mol. The van der Waals surface area contributed by atoms with Gasteiger partial charge in [-0.2, -0.15) is 13.2 Å². The Kier molecular flexibility index (Phi) is 3.18. The van der Waals surface area contributed by atoms with Crippen LogP contribution < -0.4 is 5.73 Å². The molecule has 19 heavy (non-hydrogen) atoms. The summed E-state index contributed by atoms with van der Waals surface area (Å²) in [6, 6.07) is 5.44. The van der Waals surface area contributed by atoms with Gasteiger partial charge in [-0.05, 0) is 42.8 Å². The third-order valence-electron chi connectivity index (χ3n) is 2.64. The van der Waals surface area contributed by atoms with Crippen molar-refractivity contribution >= 4 is 5.82 Å². The maximum atomic E-state index is 13.0. The number of rotatable bonds is 1. The maximum Gasteiger partial charge on any atom is 0.416 e. The van der Waals surface area contributed by atoms with Crippen molar-refractivity contribution in [3.8, 4) is 11.3 Å². The molecule has 2 N–H and O–H groups in total. The standard InChI is InChI=1S/C13H10F4N2/c1-7-4-9(14)2-3-10(7)11-5-8(13(15,16)17)6-12(18)19-11/h2-6H,1H3,(H2,18,19). The smallest absolute Gasteiger partial charge is 0.384 e. The van der Waals surface area contributed by atoms with Gasteiger partial charge in [0.1, 0.15) is 11.6 Å². The van der Waals surface area contributed by atoms with Gasteiger partial charge in [0.2, 0.25) is 0 Å². The minimum Gasteiger partial charge on any atom is -0.384 e. The Labute approximate surface area is 106 Å². The Morgan fingerprint density at radius 3 is 2.37 bits per heavy atom. The van der Waals surface area contributed by atoms with Gasteiger partial charge in [-0.3, -0.25) is 0 Å². The fraction of sp³-hybridized carbons (Fsp3) is 0.154. The van der Waals surface area contributed by atoms with E-state index in [1.807, 2.05) is 0 Å². The molecule has 0 bridgehead atoms. The SMILES string of the molecule is Cc1cc(F)ccc1-c1cc(C(F)(F)F)cc(N)n1. The van der Waals surface area contributed by atoms with E-state index in [0.717, 1.165) is 12.1 Å². The van der Waals surface area contributed by atoms with E-state index in [1.165, 1.54) is 18.2 Å². The van der Waals surface area contributed by atoms with Crippen LogP contribution in [0.2, 0.25) is 0 Å². The summed E-state index contributed by atoms with van der Waals surface area (Å²) in [6.45, 7) is 1.59. The lowest BCUT2D eigenvalue weighted by Gasteiger charge is -2.11. The fourth-order valence-electron chi connectivity index (χ4n) is 1.77. The second-order valence-corrected chi connectivity index (χ2v) is 4.12. The van der Waals surface area contributed by atoms with Crippen LogP contribution in [0.1, 0.15) is 11.1 Å². The summed E-state index contributed by atoms with van der Waals surface area (Å²) in [4.78, 5) is 3.86. The van der Waals surface area contributed by atoms with Crippen molar-refractivity contribution in [1.29, 1.82) is 0 Å². The van der Waals surface area contributed by atoms with Crippen LogP contribution in [0.25, 0.3) is 11.3 Å². The average molecular weight is 270 g/mol. The molecule has 0 aliphatic heterocycles. The number of aryl methyl sites for hydroxylation is 1. The molecule has 100 valence electrons. The first-order chi connectivity index (χ1) is 8.77.